The minimum Gasteiger partial charge on any atom is -0.399 e. The van der Waals surface area contributed by atoms with Gasteiger partial charge in [-0.2, -0.15) is 0 Å². The Balaban J connectivity index is 0.000000606. The first kappa shape index (κ1) is 13.0. The van der Waals surface area contributed by atoms with Crippen LogP contribution in [-0.2, 0) is 0 Å². The molecule has 1 aromatic rings. The third kappa shape index (κ3) is 3.20. The number of anilines is 1. The van der Waals surface area contributed by atoms with Crippen molar-refractivity contribution in [3.8, 4) is 0 Å². The smallest absolute Gasteiger partial charge is 0.128 e. The molecule has 0 radical (unpaired) electrons. The first-order chi connectivity index (χ1) is 7.77. The monoisotopic (exact) mass is 224 g/mol. The summed E-state index contributed by atoms with van der Waals surface area (Å²) < 4.78 is 13.5. The average Bonchev–Trinajstić information content (AvgIpc) is 2.33. The van der Waals surface area contributed by atoms with Crippen LogP contribution in [0, 0.1) is 5.82 Å². The van der Waals surface area contributed by atoms with Crippen LogP contribution in [0.1, 0.15) is 38.2 Å². The fraction of sp³-hybridized carbons (Fsp3) is 0.538. The van der Waals surface area contributed by atoms with Gasteiger partial charge in [0.15, 0.2) is 0 Å². The van der Waals surface area contributed by atoms with Gasteiger partial charge < -0.3 is 11.1 Å². The summed E-state index contributed by atoms with van der Waals surface area (Å²) in [5.41, 5.74) is 6.82. The van der Waals surface area contributed by atoms with Gasteiger partial charge in [0.1, 0.15) is 5.82 Å². The second-order valence-electron chi connectivity index (χ2n) is 3.81. The molecule has 0 amide bonds. The van der Waals surface area contributed by atoms with E-state index in [1.807, 2.05) is 19.9 Å². The molecule has 1 saturated heterocycles. The molecule has 3 N–H and O–H groups in total. The van der Waals surface area contributed by atoms with E-state index in [1.54, 1.807) is 6.07 Å². The number of rotatable bonds is 1. The number of hydrogen-bond acceptors (Lipinski definition) is 2. The van der Waals surface area contributed by atoms with E-state index in [0.29, 0.717) is 11.6 Å². The zero-order valence-corrected chi connectivity index (χ0v) is 10.1. The van der Waals surface area contributed by atoms with E-state index in [-0.39, 0.29) is 5.82 Å². The number of nitrogen functional groups attached to an aromatic ring is 1. The van der Waals surface area contributed by atoms with E-state index in [0.717, 1.165) is 31.5 Å². The molecular formula is C13H21FN2. The lowest BCUT2D eigenvalue weighted by Crippen LogP contribution is -2.27. The lowest BCUT2D eigenvalue weighted by molar-refractivity contribution is 0.445. The maximum atomic E-state index is 13.5. The Morgan fingerprint density at radius 1 is 1.25 bits per heavy atom. The Morgan fingerprint density at radius 3 is 2.44 bits per heavy atom. The van der Waals surface area contributed by atoms with Gasteiger partial charge in [0.25, 0.3) is 0 Å². The van der Waals surface area contributed by atoms with Crippen molar-refractivity contribution in [2.45, 2.75) is 32.6 Å². The third-order valence-corrected chi connectivity index (χ3v) is 2.80. The zero-order valence-electron chi connectivity index (χ0n) is 10.1. The van der Waals surface area contributed by atoms with Gasteiger partial charge in [-0.15, -0.1) is 0 Å². The number of halogens is 1. The number of nitrogens with two attached hydrogens (primary N) is 1. The Bertz CT molecular complexity index is 320. The van der Waals surface area contributed by atoms with Crippen molar-refractivity contribution in [2.75, 3.05) is 18.8 Å². The van der Waals surface area contributed by atoms with Crippen molar-refractivity contribution in [2.24, 2.45) is 0 Å². The van der Waals surface area contributed by atoms with Crippen molar-refractivity contribution >= 4 is 5.69 Å². The molecule has 90 valence electrons. The molecule has 1 aliphatic rings. The molecule has 2 nitrogen and oxygen atoms in total. The lowest BCUT2D eigenvalue weighted by atomic mass is 9.90. The lowest BCUT2D eigenvalue weighted by Gasteiger charge is -2.23. The van der Waals surface area contributed by atoms with E-state index in [2.05, 4.69) is 5.32 Å². The second-order valence-corrected chi connectivity index (χ2v) is 3.81. The quantitative estimate of drug-likeness (QED) is 0.720. The summed E-state index contributed by atoms with van der Waals surface area (Å²) in [5, 5.41) is 3.27. The van der Waals surface area contributed by atoms with Crippen molar-refractivity contribution in [1.29, 1.82) is 0 Å². The highest BCUT2D eigenvalue weighted by atomic mass is 19.1. The standard InChI is InChI=1S/C11H15FN2.C2H6/c12-11-7-9(13)1-2-10(11)8-3-5-14-6-4-8;1-2/h1-2,7-8,14H,3-6,13H2;1-2H3. The van der Waals surface area contributed by atoms with Gasteiger partial charge in [0.05, 0.1) is 0 Å². The van der Waals surface area contributed by atoms with Crippen LogP contribution in [0.3, 0.4) is 0 Å². The van der Waals surface area contributed by atoms with Crippen LogP contribution < -0.4 is 11.1 Å². The average molecular weight is 224 g/mol. The van der Waals surface area contributed by atoms with E-state index < -0.39 is 0 Å². The van der Waals surface area contributed by atoms with E-state index in [4.69, 9.17) is 5.73 Å². The molecule has 0 atom stereocenters. The molecule has 0 bridgehead atoms. The molecular weight excluding hydrogens is 203 g/mol. The molecule has 3 heteroatoms. The highest BCUT2D eigenvalue weighted by Gasteiger charge is 2.18. The molecule has 0 aliphatic carbocycles. The summed E-state index contributed by atoms with van der Waals surface area (Å²) in [5.74, 6) is 0.203. The number of piperidine rings is 1. The predicted octanol–water partition coefficient (Wildman–Crippen LogP) is 2.90. The Hall–Kier alpha value is -1.09. The van der Waals surface area contributed by atoms with Crippen LogP contribution >= 0.6 is 0 Å². The van der Waals surface area contributed by atoms with Gasteiger partial charge in [-0.05, 0) is 49.5 Å². The molecule has 0 spiro atoms. The van der Waals surface area contributed by atoms with Gasteiger partial charge in [-0.25, -0.2) is 4.39 Å². The molecule has 1 aromatic carbocycles. The Morgan fingerprint density at radius 2 is 1.88 bits per heavy atom. The Labute approximate surface area is 97.0 Å². The van der Waals surface area contributed by atoms with Crippen molar-refractivity contribution in [3.63, 3.8) is 0 Å². The largest absolute Gasteiger partial charge is 0.399 e. The summed E-state index contributed by atoms with van der Waals surface area (Å²) >= 11 is 0. The first-order valence-corrected chi connectivity index (χ1v) is 6.03. The van der Waals surface area contributed by atoms with Crippen molar-refractivity contribution in [1.82, 2.24) is 5.32 Å². The van der Waals surface area contributed by atoms with Crippen LogP contribution in [0.15, 0.2) is 18.2 Å². The van der Waals surface area contributed by atoms with Crippen LogP contribution in [0.4, 0.5) is 10.1 Å². The maximum Gasteiger partial charge on any atom is 0.128 e. The first-order valence-electron chi connectivity index (χ1n) is 6.03. The molecule has 16 heavy (non-hydrogen) atoms. The van der Waals surface area contributed by atoms with Crippen LogP contribution in [0.2, 0.25) is 0 Å². The van der Waals surface area contributed by atoms with Gasteiger partial charge in [-0.1, -0.05) is 19.9 Å². The molecule has 1 heterocycles. The summed E-state index contributed by atoms with van der Waals surface area (Å²) in [6, 6.07) is 5.01. The minimum atomic E-state index is -0.156. The predicted molar refractivity (Wildman–Crippen MR) is 67.0 cm³/mol. The fourth-order valence-electron chi connectivity index (χ4n) is 2.01. The van der Waals surface area contributed by atoms with Gasteiger partial charge >= 0.3 is 0 Å². The molecule has 0 unspecified atom stereocenters. The molecule has 1 fully saturated rings. The minimum absolute atomic E-state index is 0.156. The number of hydrogen-bond donors (Lipinski definition) is 2. The van der Waals surface area contributed by atoms with Crippen molar-refractivity contribution in [3.05, 3.63) is 29.6 Å². The fourth-order valence-corrected chi connectivity index (χ4v) is 2.01. The molecule has 0 saturated carbocycles. The number of nitrogens with one attached hydrogen (secondary N) is 1. The number of benzene rings is 1. The van der Waals surface area contributed by atoms with Crippen LogP contribution in [0.5, 0.6) is 0 Å². The highest BCUT2D eigenvalue weighted by molar-refractivity contribution is 5.41. The van der Waals surface area contributed by atoms with E-state index >= 15 is 0 Å². The molecule has 0 aromatic heterocycles. The summed E-state index contributed by atoms with van der Waals surface area (Å²) in [6.45, 7) is 5.96. The van der Waals surface area contributed by atoms with Gasteiger partial charge in [-0.3, -0.25) is 0 Å². The molecule has 1 aliphatic heterocycles. The summed E-state index contributed by atoms with van der Waals surface area (Å²) in [7, 11) is 0. The summed E-state index contributed by atoms with van der Waals surface area (Å²) in [6.07, 6.45) is 2.03. The van der Waals surface area contributed by atoms with Crippen LogP contribution in [-0.4, -0.2) is 13.1 Å². The summed E-state index contributed by atoms with van der Waals surface area (Å²) in [4.78, 5) is 0. The highest BCUT2D eigenvalue weighted by Crippen LogP contribution is 2.28. The topological polar surface area (TPSA) is 38.0 Å². The zero-order chi connectivity index (χ0) is 12.0. The van der Waals surface area contributed by atoms with E-state index in [1.165, 1.54) is 6.07 Å². The normalized spacial score (nSPS) is 16.4. The van der Waals surface area contributed by atoms with E-state index in [9.17, 15) is 4.39 Å². The van der Waals surface area contributed by atoms with Crippen LogP contribution in [0.25, 0.3) is 0 Å². The van der Waals surface area contributed by atoms with Gasteiger partial charge in [0, 0.05) is 5.69 Å². The Kier molecular flexibility index (Phi) is 5.26. The second kappa shape index (κ2) is 6.48. The van der Waals surface area contributed by atoms with Crippen molar-refractivity contribution < 1.29 is 4.39 Å². The third-order valence-electron chi connectivity index (χ3n) is 2.80. The SMILES string of the molecule is CC.Nc1ccc(C2CCNCC2)c(F)c1. The van der Waals surface area contributed by atoms with Gasteiger partial charge in [0.2, 0.25) is 0 Å². The molecule has 2 rings (SSSR count). The maximum absolute atomic E-state index is 13.5.